The topological polar surface area (TPSA) is 37.4 Å². The molecule has 15 heavy (non-hydrogen) atoms. The lowest BCUT2D eigenvalue weighted by Gasteiger charge is -2.54. The second-order valence-electron chi connectivity index (χ2n) is 5.41. The minimum Gasteiger partial charge on any atom is -0.295 e. The number of rotatable bonds is 4. The lowest BCUT2D eigenvalue weighted by atomic mass is 9.84. The molecule has 0 aromatic rings. The van der Waals surface area contributed by atoms with Crippen LogP contribution in [0.1, 0.15) is 34.1 Å². The van der Waals surface area contributed by atoms with Crippen molar-refractivity contribution in [3.05, 3.63) is 0 Å². The molecule has 0 bridgehead atoms. The first kappa shape index (κ1) is 13.0. The third-order valence-electron chi connectivity index (χ3n) is 3.76. The van der Waals surface area contributed by atoms with Gasteiger partial charge in [0.05, 0.1) is 5.75 Å². The van der Waals surface area contributed by atoms with Gasteiger partial charge in [-0.15, -0.1) is 0 Å². The van der Waals surface area contributed by atoms with Crippen molar-refractivity contribution in [2.24, 2.45) is 5.92 Å². The Labute approximate surface area is 93.8 Å². The molecule has 3 nitrogen and oxygen atoms in total. The average Bonchev–Trinajstić information content (AvgIpc) is 2.09. The van der Waals surface area contributed by atoms with Crippen LogP contribution in [0, 0.1) is 5.92 Å². The molecule has 0 radical (unpaired) electrons. The summed E-state index contributed by atoms with van der Waals surface area (Å²) in [7, 11) is -2.82. The summed E-state index contributed by atoms with van der Waals surface area (Å²) in [5, 5.41) is 0. The lowest BCUT2D eigenvalue weighted by molar-refractivity contribution is -0.0452. The molecule has 0 amide bonds. The highest BCUT2D eigenvalue weighted by Gasteiger charge is 2.43. The van der Waals surface area contributed by atoms with E-state index in [-0.39, 0.29) is 5.54 Å². The summed E-state index contributed by atoms with van der Waals surface area (Å²) < 4.78 is 22.4. The van der Waals surface area contributed by atoms with E-state index in [1.54, 1.807) is 0 Å². The van der Waals surface area contributed by atoms with E-state index in [4.69, 9.17) is 0 Å². The highest BCUT2D eigenvalue weighted by Crippen LogP contribution is 2.34. The van der Waals surface area contributed by atoms with Crippen LogP contribution in [0.4, 0.5) is 0 Å². The van der Waals surface area contributed by atoms with E-state index in [0.29, 0.717) is 17.7 Å². The molecule has 4 heteroatoms. The zero-order valence-electron chi connectivity index (χ0n) is 10.4. The fourth-order valence-electron chi connectivity index (χ4n) is 2.27. The molecule has 0 spiro atoms. The van der Waals surface area contributed by atoms with Gasteiger partial charge in [-0.3, -0.25) is 4.90 Å². The van der Waals surface area contributed by atoms with Gasteiger partial charge < -0.3 is 0 Å². The molecule has 1 heterocycles. The van der Waals surface area contributed by atoms with E-state index in [1.807, 2.05) is 0 Å². The Morgan fingerprint density at radius 2 is 1.93 bits per heavy atom. The van der Waals surface area contributed by atoms with Gasteiger partial charge in [-0.2, -0.15) is 0 Å². The number of hydrogen-bond donors (Lipinski definition) is 0. The standard InChI is InChI=1S/C11H23NO2S/c1-6-11(3,4)12-7-10(9(12)2)8-15(5,13)14/h9-10H,6-8H2,1-5H3/t9-,10-/m1/s1. The van der Waals surface area contributed by atoms with Crippen molar-refractivity contribution in [1.29, 1.82) is 0 Å². The monoisotopic (exact) mass is 233 g/mol. The van der Waals surface area contributed by atoms with Crippen molar-refractivity contribution in [3.63, 3.8) is 0 Å². The second kappa shape index (κ2) is 4.06. The van der Waals surface area contributed by atoms with Crippen LogP contribution in [0.25, 0.3) is 0 Å². The van der Waals surface area contributed by atoms with Gasteiger partial charge in [-0.25, -0.2) is 8.42 Å². The van der Waals surface area contributed by atoms with E-state index >= 15 is 0 Å². The first-order valence-electron chi connectivity index (χ1n) is 5.62. The molecule has 0 saturated carbocycles. The Balaban J connectivity index is 2.56. The highest BCUT2D eigenvalue weighted by atomic mass is 32.2. The van der Waals surface area contributed by atoms with E-state index in [0.717, 1.165) is 13.0 Å². The highest BCUT2D eigenvalue weighted by molar-refractivity contribution is 7.90. The predicted molar refractivity (Wildman–Crippen MR) is 63.7 cm³/mol. The average molecular weight is 233 g/mol. The minimum absolute atomic E-state index is 0.202. The van der Waals surface area contributed by atoms with Crippen LogP contribution in [-0.2, 0) is 9.84 Å². The van der Waals surface area contributed by atoms with E-state index in [1.165, 1.54) is 6.26 Å². The molecule has 0 aromatic heterocycles. The molecule has 1 aliphatic rings. The zero-order chi connectivity index (χ0) is 11.9. The van der Waals surface area contributed by atoms with Crippen LogP contribution in [0.5, 0.6) is 0 Å². The normalized spacial score (nSPS) is 28.9. The SMILES string of the molecule is CCC(C)(C)N1C[C@H](CS(C)(=O)=O)[C@H]1C. The maximum absolute atomic E-state index is 11.2. The Kier molecular flexibility index (Phi) is 3.51. The molecule has 0 aromatic carbocycles. The second-order valence-corrected chi connectivity index (χ2v) is 7.60. The van der Waals surface area contributed by atoms with Crippen molar-refractivity contribution in [3.8, 4) is 0 Å². The molecule has 1 rings (SSSR count). The Bertz CT molecular complexity index is 321. The molecule has 2 atom stereocenters. The largest absolute Gasteiger partial charge is 0.295 e. The van der Waals surface area contributed by atoms with Crippen LogP contribution in [0.15, 0.2) is 0 Å². The van der Waals surface area contributed by atoms with Crippen LogP contribution < -0.4 is 0 Å². The third-order valence-corrected chi connectivity index (χ3v) is 4.80. The summed E-state index contributed by atoms with van der Waals surface area (Å²) in [4.78, 5) is 2.41. The molecule has 0 unspecified atom stereocenters. The summed E-state index contributed by atoms with van der Waals surface area (Å²) in [6.07, 6.45) is 2.43. The zero-order valence-corrected chi connectivity index (χ0v) is 11.3. The molecular formula is C11H23NO2S. The summed E-state index contributed by atoms with van der Waals surface area (Å²) in [6.45, 7) is 9.68. The van der Waals surface area contributed by atoms with Gasteiger partial charge >= 0.3 is 0 Å². The number of hydrogen-bond acceptors (Lipinski definition) is 3. The summed E-state index contributed by atoms with van der Waals surface area (Å²) in [5.74, 6) is 0.663. The maximum Gasteiger partial charge on any atom is 0.147 e. The van der Waals surface area contributed by atoms with Gasteiger partial charge in [0.2, 0.25) is 0 Å². The quantitative estimate of drug-likeness (QED) is 0.739. The minimum atomic E-state index is -2.82. The molecule has 90 valence electrons. The Morgan fingerprint density at radius 3 is 2.27 bits per heavy atom. The molecule has 0 N–H and O–H groups in total. The van der Waals surface area contributed by atoms with Crippen molar-refractivity contribution in [2.45, 2.75) is 45.7 Å². The van der Waals surface area contributed by atoms with E-state index in [9.17, 15) is 8.42 Å². The fourth-order valence-corrected chi connectivity index (χ4v) is 3.43. The van der Waals surface area contributed by atoms with E-state index in [2.05, 4.69) is 32.6 Å². The van der Waals surface area contributed by atoms with E-state index < -0.39 is 9.84 Å². The van der Waals surface area contributed by atoms with Gasteiger partial charge in [0.15, 0.2) is 0 Å². The van der Waals surface area contributed by atoms with Crippen LogP contribution in [-0.4, -0.2) is 43.5 Å². The molecule has 0 aliphatic carbocycles. The van der Waals surface area contributed by atoms with Crippen LogP contribution >= 0.6 is 0 Å². The maximum atomic E-state index is 11.2. The predicted octanol–water partition coefficient (Wildman–Crippen LogP) is 1.54. The number of likely N-dealkylation sites (tertiary alicyclic amines) is 1. The van der Waals surface area contributed by atoms with Gasteiger partial charge in [-0.1, -0.05) is 6.92 Å². The third kappa shape index (κ3) is 2.94. The fraction of sp³-hybridized carbons (Fsp3) is 1.00. The first-order valence-corrected chi connectivity index (χ1v) is 7.68. The molecule has 1 aliphatic heterocycles. The number of nitrogens with zero attached hydrogens (tertiary/aromatic N) is 1. The Morgan fingerprint density at radius 1 is 1.40 bits per heavy atom. The van der Waals surface area contributed by atoms with Crippen LogP contribution in [0.3, 0.4) is 0 Å². The van der Waals surface area contributed by atoms with Gasteiger partial charge in [0.1, 0.15) is 9.84 Å². The van der Waals surface area contributed by atoms with Crippen molar-refractivity contribution in [2.75, 3.05) is 18.6 Å². The molecule has 1 saturated heterocycles. The summed E-state index contributed by atoms with van der Waals surface area (Å²) in [5.41, 5.74) is 0.202. The van der Waals surface area contributed by atoms with Crippen molar-refractivity contribution < 1.29 is 8.42 Å². The van der Waals surface area contributed by atoms with Crippen molar-refractivity contribution >= 4 is 9.84 Å². The van der Waals surface area contributed by atoms with Crippen molar-refractivity contribution in [1.82, 2.24) is 4.90 Å². The summed E-state index contributed by atoms with van der Waals surface area (Å²) in [6, 6.07) is 0.398. The number of sulfone groups is 1. The lowest BCUT2D eigenvalue weighted by Crippen LogP contribution is -2.64. The first-order chi connectivity index (χ1) is 6.67. The van der Waals surface area contributed by atoms with Crippen LogP contribution in [0.2, 0.25) is 0 Å². The van der Waals surface area contributed by atoms with Gasteiger partial charge in [0.25, 0.3) is 0 Å². The Hall–Kier alpha value is -0.0900. The smallest absolute Gasteiger partial charge is 0.147 e. The van der Waals surface area contributed by atoms with Gasteiger partial charge in [-0.05, 0) is 27.2 Å². The molecule has 1 fully saturated rings. The van der Waals surface area contributed by atoms with Gasteiger partial charge in [0, 0.05) is 30.3 Å². The molecular weight excluding hydrogens is 210 g/mol. The summed E-state index contributed by atoms with van der Waals surface area (Å²) >= 11 is 0.